The molecule has 0 fully saturated rings. The lowest BCUT2D eigenvalue weighted by molar-refractivity contribution is 0.306. The van der Waals surface area contributed by atoms with Crippen LogP contribution < -0.4 is 4.74 Å². The van der Waals surface area contributed by atoms with Crippen molar-refractivity contribution >= 4 is 22.1 Å². The third-order valence-corrected chi connectivity index (χ3v) is 3.37. The van der Waals surface area contributed by atoms with Gasteiger partial charge in [-0.3, -0.25) is 0 Å². The van der Waals surface area contributed by atoms with Gasteiger partial charge in [-0.1, -0.05) is 30.3 Å². The van der Waals surface area contributed by atoms with Gasteiger partial charge in [-0.15, -0.1) is 0 Å². The van der Waals surface area contributed by atoms with Crippen molar-refractivity contribution in [1.29, 1.82) is 0 Å². The molecular formula is C17H12N2O2. The minimum atomic E-state index is 0.540. The smallest absolute Gasteiger partial charge is 0.230 e. The second-order valence-electron chi connectivity index (χ2n) is 4.78. The molecule has 4 heteroatoms. The molecule has 4 aromatic rings. The van der Waals surface area contributed by atoms with E-state index in [4.69, 9.17) is 9.15 Å². The summed E-state index contributed by atoms with van der Waals surface area (Å²) in [4.78, 5) is 8.17. The quantitative estimate of drug-likeness (QED) is 0.568. The minimum Gasteiger partial charge on any atom is -0.489 e. The number of aromatic nitrogens is 2. The predicted octanol–water partition coefficient (Wildman–Crippen LogP) is 3.96. The number of furan rings is 1. The average molecular weight is 276 g/mol. The lowest BCUT2D eigenvalue weighted by atomic mass is 10.2. The maximum absolute atomic E-state index is 5.84. The second kappa shape index (κ2) is 4.90. The first kappa shape index (κ1) is 11.9. The number of nitrogens with zero attached hydrogens (tertiary/aromatic N) is 2. The highest BCUT2D eigenvalue weighted by Gasteiger charge is 2.08. The van der Waals surface area contributed by atoms with E-state index in [0.717, 1.165) is 27.7 Å². The minimum absolute atomic E-state index is 0.540. The first-order valence-corrected chi connectivity index (χ1v) is 6.69. The average Bonchev–Trinajstić information content (AvgIpc) is 2.92. The largest absolute Gasteiger partial charge is 0.489 e. The van der Waals surface area contributed by atoms with Gasteiger partial charge in [-0.25, -0.2) is 9.97 Å². The number of benzene rings is 2. The standard InChI is InChI=1S/C17H12N2O2/c1-2-4-12(5-3-1)10-20-13-6-7-16-14(8-13)15-9-18-11-19-17(15)21-16/h1-9,11H,10H2. The van der Waals surface area contributed by atoms with E-state index in [2.05, 4.69) is 9.97 Å². The van der Waals surface area contributed by atoms with Gasteiger partial charge in [-0.2, -0.15) is 0 Å². The monoisotopic (exact) mass is 276 g/mol. The topological polar surface area (TPSA) is 48.2 Å². The van der Waals surface area contributed by atoms with Crippen molar-refractivity contribution < 1.29 is 9.15 Å². The van der Waals surface area contributed by atoms with Gasteiger partial charge >= 0.3 is 0 Å². The van der Waals surface area contributed by atoms with Crippen molar-refractivity contribution in [2.24, 2.45) is 0 Å². The number of hydrogen-bond acceptors (Lipinski definition) is 4. The van der Waals surface area contributed by atoms with Crippen LogP contribution in [0.15, 0.2) is 65.5 Å². The highest BCUT2D eigenvalue weighted by Crippen LogP contribution is 2.29. The van der Waals surface area contributed by atoms with Gasteiger partial charge in [0.1, 0.15) is 24.3 Å². The molecule has 0 amide bonds. The lowest BCUT2D eigenvalue weighted by Crippen LogP contribution is -1.94. The van der Waals surface area contributed by atoms with Gasteiger partial charge in [0, 0.05) is 11.6 Å². The molecule has 0 atom stereocenters. The van der Waals surface area contributed by atoms with Crippen LogP contribution in [0.3, 0.4) is 0 Å². The van der Waals surface area contributed by atoms with Gasteiger partial charge in [0.15, 0.2) is 0 Å². The number of rotatable bonds is 3. The van der Waals surface area contributed by atoms with Crippen LogP contribution in [0.2, 0.25) is 0 Å². The molecule has 21 heavy (non-hydrogen) atoms. The van der Waals surface area contributed by atoms with E-state index >= 15 is 0 Å². The molecule has 2 aromatic heterocycles. The molecule has 0 aliphatic rings. The predicted molar refractivity (Wildman–Crippen MR) is 80.1 cm³/mol. The van der Waals surface area contributed by atoms with Crippen LogP contribution in [-0.2, 0) is 6.61 Å². The molecule has 0 unspecified atom stereocenters. The molecule has 0 aliphatic carbocycles. The zero-order valence-corrected chi connectivity index (χ0v) is 11.2. The summed E-state index contributed by atoms with van der Waals surface area (Å²) in [7, 11) is 0. The fourth-order valence-corrected chi connectivity index (χ4v) is 2.33. The highest BCUT2D eigenvalue weighted by atomic mass is 16.5. The number of ether oxygens (including phenoxy) is 1. The SMILES string of the molecule is c1ccc(COc2ccc3oc4ncncc4c3c2)cc1. The van der Waals surface area contributed by atoms with Crippen molar-refractivity contribution in [3.8, 4) is 5.75 Å². The summed E-state index contributed by atoms with van der Waals surface area (Å²) in [6, 6.07) is 15.9. The molecule has 102 valence electrons. The number of fused-ring (bicyclic) bond motifs is 3. The van der Waals surface area contributed by atoms with Crippen LogP contribution in [0, 0.1) is 0 Å². The molecule has 0 N–H and O–H groups in total. The Hall–Kier alpha value is -2.88. The van der Waals surface area contributed by atoms with E-state index in [9.17, 15) is 0 Å². The zero-order chi connectivity index (χ0) is 14.1. The van der Waals surface area contributed by atoms with Crippen LogP contribution in [0.1, 0.15) is 5.56 Å². The van der Waals surface area contributed by atoms with Crippen molar-refractivity contribution in [2.45, 2.75) is 6.61 Å². The molecular weight excluding hydrogens is 264 g/mol. The summed E-state index contributed by atoms with van der Waals surface area (Å²) in [6.07, 6.45) is 3.24. The van der Waals surface area contributed by atoms with Gasteiger partial charge in [-0.05, 0) is 23.8 Å². The third kappa shape index (κ3) is 2.21. The molecule has 4 rings (SSSR count). The van der Waals surface area contributed by atoms with E-state index in [0.29, 0.717) is 12.3 Å². The van der Waals surface area contributed by atoms with Gasteiger partial charge < -0.3 is 9.15 Å². The van der Waals surface area contributed by atoms with Gasteiger partial charge in [0.05, 0.1) is 5.39 Å². The van der Waals surface area contributed by atoms with E-state index in [1.54, 1.807) is 6.20 Å². The molecule has 0 radical (unpaired) electrons. The van der Waals surface area contributed by atoms with Crippen LogP contribution in [0.25, 0.3) is 22.1 Å². The Kier molecular flexibility index (Phi) is 2.78. The van der Waals surface area contributed by atoms with Crippen LogP contribution >= 0.6 is 0 Å². The Morgan fingerprint density at radius 3 is 2.81 bits per heavy atom. The van der Waals surface area contributed by atoms with Crippen molar-refractivity contribution in [1.82, 2.24) is 9.97 Å². The summed E-state index contributed by atoms with van der Waals surface area (Å²) >= 11 is 0. The fraction of sp³-hybridized carbons (Fsp3) is 0.0588. The third-order valence-electron chi connectivity index (χ3n) is 3.37. The van der Waals surface area contributed by atoms with E-state index in [-0.39, 0.29) is 0 Å². The Balaban J connectivity index is 1.68. The van der Waals surface area contributed by atoms with Crippen molar-refractivity contribution in [3.05, 3.63) is 66.6 Å². The Bertz CT molecular complexity index is 900. The summed E-state index contributed by atoms with van der Waals surface area (Å²) in [5, 5.41) is 1.87. The highest BCUT2D eigenvalue weighted by molar-refractivity contribution is 6.03. The Morgan fingerprint density at radius 1 is 1.00 bits per heavy atom. The zero-order valence-electron chi connectivity index (χ0n) is 11.2. The maximum Gasteiger partial charge on any atom is 0.230 e. The van der Waals surface area contributed by atoms with Crippen LogP contribution in [-0.4, -0.2) is 9.97 Å². The first-order valence-electron chi connectivity index (χ1n) is 6.69. The molecule has 2 aromatic carbocycles. The Labute approximate surface area is 121 Å². The lowest BCUT2D eigenvalue weighted by Gasteiger charge is -2.05. The van der Waals surface area contributed by atoms with Crippen LogP contribution in [0.4, 0.5) is 0 Å². The molecule has 0 spiro atoms. The van der Waals surface area contributed by atoms with Crippen molar-refractivity contribution in [2.75, 3.05) is 0 Å². The molecule has 0 saturated heterocycles. The fourth-order valence-electron chi connectivity index (χ4n) is 2.33. The van der Waals surface area contributed by atoms with E-state index < -0.39 is 0 Å². The van der Waals surface area contributed by atoms with Gasteiger partial charge in [0.2, 0.25) is 5.71 Å². The van der Waals surface area contributed by atoms with E-state index in [1.807, 2.05) is 48.5 Å². The summed E-state index contributed by atoms with van der Waals surface area (Å²) in [6.45, 7) is 0.540. The molecule has 2 heterocycles. The summed E-state index contributed by atoms with van der Waals surface area (Å²) in [5.41, 5.74) is 2.52. The number of hydrogen-bond donors (Lipinski definition) is 0. The Morgan fingerprint density at radius 2 is 1.90 bits per heavy atom. The van der Waals surface area contributed by atoms with Crippen molar-refractivity contribution in [3.63, 3.8) is 0 Å². The van der Waals surface area contributed by atoms with Crippen LogP contribution in [0.5, 0.6) is 5.75 Å². The normalized spacial score (nSPS) is 11.0. The molecule has 0 aliphatic heterocycles. The van der Waals surface area contributed by atoms with Gasteiger partial charge in [0.25, 0.3) is 0 Å². The molecule has 0 bridgehead atoms. The summed E-state index contributed by atoms with van der Waals surface area (Å²) in [5.74, 6) is 0.804. The molecule has 4 nitrogen and oxygen atoms in total. The second-order valence-corrected chi connectivity index (χ2v) is 4.78. The van der Waals surface area contributed by atoms with E-state index in [1.165, 1.54) is 6.33 Å². The molecule has 0 saturated carbocycles. The maximum atomic E-state index is 5.84. The first-order chi connectivity index (χ1) is 10.4. The summed E-state index contributed by atoms with van der Waals surface area (Å²) < 4.78 is 11.5.